The number of nitro benzene ring substituents is 2. The Morgan fingerprint density at radius 1 is 1.13 bits per heavy atom. The summed E-state index contributed by atoms with van der Waals surface area (Å²) < 4.78 is 10.3. The minimum Gasteiger partial charge on any atom is -0.497 e. The molecule has 0 aromatic heterocycles. The van der Waals surface area contributed by atoms with Crippen molar-refractivity contribution in [3.63, 3.8) is 0 Å². The Balaban J connectivity index is 1.92. The lowest BCUT2D eigenvalue weighted by Gasteiger charge is -2.18. The average molecular weight is 430 g/mol. The van der Waals surface area contributed by atoms with Gasteiger partial charge in [-0.15, -0.1) is 0 Å². The smallest absolute Gasteiger partial charge is 0.338 e. The lowest BCUT2D eigenvalue weighted by molar-refractivity contribution is -0.393. The molecule has 1 N–H and O–H groups in total. The van der Waals surface area contributed by atoms with Crippen LogP contribution in [0.1, 0.15) is 30.6 Å². The van der Waals surface area contributed by atoms with Crippen molar-refractivity contribution in [2.75, 3.05) is 19.1 Å². The summed E-state index contributed by atoms with van der Waals surface area (Å²) in [5.41, 5.74) is 1.62. The number of nitrogens with one attached hydrogen (secondary N) is 1. The molecule has 0 fully saturated rings. The molecule has 2 aromatic rings. The van der Waals surface area contributed by atoms with Gasteiger partial charge in [0.25, 0.3) is 5.69 Å². The first-order valence-corrected chi connectivity index (χ1v) is 9.17. The first-order valence-electron chi connectivity index (χ1n) is 9.17. The van der Waals surface area contributed by atoms with Crippen LogP contribution in [0.25, 0.3) is 0 Å². The summed E-state index contributed by atoms with van der Waals surface area (Å²) in [5.74, 6) is 0.171. The van der Waals surface area contributed by atoms with Gasteiger partial charge < -0.3 is 9.47 Å². The van der Waals surface area contributed by atoms with E-state index in [-0.39, 0.29) is 18.0 Å². The number of carbonyl (C=O) groups excluding carboxylic acids is 1. The number of hydrogen-bond acceptors (Lipinski definition) is 9. The van der Waals surface area contributed by atoms with E-state index >= 15 is 0 Å². The Kier molecular flexibility index (Phi) is 7.61. The van der Waals surface area contributed by atoms with Crippen LogP contribution in [0, 0.1) is 25.6 Å². The number of carbonyl (C=O) groups is 1. The largest absolute Gasteiger partial charge is 0.497 e. The molecule has 2 aromatic carbocycles. The lowest BCUT2D eigenvalue weighted by Crippen LogP contribution is -2.18. The summed E-state index contributed by atoms with van der Waals surface area (Å²) in [4.78, 5) is 32.6. The highest BCUT2D eigenvalue weighted by Crippen LogP contribution is 2.29. The third-order valence-corrected chi connectivity index (χ3v) is 4.29. The molecule has 0 bridgehead atoms. The van der Waals surface area contributed by atoms with Crippen molar-refractivity contribution in [3.05, 3.63) is 68.3 Å². The first kappa shape index (κ1) is 23.3. The van der Waals surface area contributed by atoms with E-state index in [1.807, 2.05) is 13.8 Å². The Hall–Kier alpha value is -4.02. The predicted molar refractivity (Wildman–Crippen MR) is 114 cm³/mol. The molecule has 0 amide bonds. The second-order valence-electron chi connectivity index (χ2n) is 7.19. The SMILES string of the molecule is COc1ccc(C(=O)OCCC(C)(C)/C=N/Nc2ccc([N+](=O)[O-])cc2[N+](=O)[O-])cc1. The van der Waals surface area contributed by atoms with E-state index in [1.165, 1.54) is 19.4 Å². The van der Waals surface area contributed by atoms with E-state index in [1.54, 1.807) is 24.3 Å². The van der Waals surface area contributed by atoms with Crippen molar-refractivity contribution in [2.24, 2.45) is 10.5 Å². The molecule has 0 saturated heterocycles. The van der Waals surface area contributed by atoms with Gasteiger partial charge in [-0.2, -0.15) is 5.10 Å². The van der Waals surface area contributed by atoms with Gasteiger partial charge in [0.1, 0.15) is 11.4 Å². The molecule has 0 unspecified atom stereocenters. The number of nitrogens with zero attached hydrogens (tertiary/aromatic N) is 3. The van der Waals surface area contributed by atoms with Gasteiger partial charge in [-0.1, -0.05) is 13.8 Å². The molecular formula is C20H22N4O7. The zero-order chi connectivity index (χ0) is 23.0. The molecule has 0 heterocycles. The zero-order valence-electron chi connectivity index (χ0n) is 17.2. The van der Waals surface area contributed by atoms with Crippen molar-refractivity contribution in [1.82, 2.24) is 0 Å². The van der Waals surface area contributed by atoms with Gasteiger partial charge in [0.15, 0.2) is 0 Å². The molecule has 0 aliphatic carbocycles. The molecular weight excluding hydrogens is 408 g/mol. The van der Waals surface area contributed by atoms with Crippen LogP contribution in [-0.2, 0) is 4.74 Å². The molecule has 11 nitrogen and oxygen atoms in total. The second-order valence-corrected chi connectivity index (χ2v) is 7.19. The molecule has 2 rings (SSSR count). The van der Waals surface area contributed by atoms with Crippen LogP contribution in [0.3, 0.4) is 0 Å². The molecule has 164 valence electrons. The minimum atomic E-state index is -0.728. The molecule has 0 radical (unpaired) electrons. The van der Waals surface area contributed by atoms with Crippen molar-refractivity contribution in [2.45, 2.75) is 20.3 Å². The summed E-state index contributed by atoms with van der Waals surface area (Å²) in [7, 11) is 1.53. The van der Waals surface area contributed by atoms with Crippen LogP contribution in [-0.4, -0.2) is 35.7 Å². The summed E-state index contributed by atoms with van der Waals surface area (Å²) in [6, 6.07) is 9.77. The number of anilines is 1. The maximum Gasteiger partial charge on any atom is 0.338 e. The highest BCUT2D eigenvalue weighted by Gasteiger charge is 2.20. The van der Waals surface area contributed by atoms with Gasteiger partial charge in [-0.3, -0.25) is 25.7 Å². The number of benzene rings is 2. The molecule has 0 aliphatic heterocycles. The zero-order valence-corrected chi connectivity index (χ0v) is 17.2. The Labute approximate surface area is 178 Å². The first-order chi connectivity index (χ1) is 14.6. The summed E-state index contributed by atoms with van der Waals surface area (Å²) >= 11 is 0. The van der Waals surface area contributed by atoms with E-state index < -0.39 is 26.9 Å². The van der Waals surface area contributed by atoms with E-state index in [0.29, 0.717) is 17.7 Å². The van der Waals surface area contributed by atoms with Gasteiger partial charge in [-0.05, 0) is 36.8 Å². The monoisotopic (exact) mass is 430 g/mol. The molecule has 0 aliphatic rings. The van der Waals surface area contributed by atoms with E-state index in [9.17, 15) is 25.0 Å². The van der Waals surface area contributed by atoms with E-state index in [4.69, 9.17) is 9.47 Å². The average Bonchev–Trinajstić information content (AvgIpc) is 2.73. The molecule has 0 saturated carbocycles. The maximum absolute atomic E-state index is 12.1. The van der Waals surface area contributed by atoms with Crippen LogP contribution in [0.4, 0.5) is 17.1 Å². The van der Waals surface area contributed by atoms with Crippen molar-refractivity contribution in [1.29, 1.82) is 0 Å². The number of esters is 1. The number of non-ortho nitro benzene ring substituents is 1. The summed E-state index contributed by atoms with van der Waals surface area (Å²) in [5, 5.41) is 25.9. The molecule has 0 atom stereocenters. The van der Waals surface area contributed by atoms with Crippen molar-refractivity contribution < 1.29 is 24.1 Å². The number of nitro groups is 2. The highest BCUT2D eigenvalue weighted by atomic mass is 16.6. The molecule has 31 heavy (non-hydrogen) atoms. The Morgan fingerprint density at radius 2 is 1.81 bits per heavy atom. The number of hydrazone groups is 1. The third kappa shape index (κ3) is 6.77. The summed E-state index contributed by atoms with van der Waals surface area (Å²) in [6.45, 7) is 3.84. The van der Waals surface area contributed by atoms with Crippen LogP contribution in [0.5, 0.6) is 5.75 Å². The second kappa shape index (κ2) is 10.1. The Morgan fingerprint density at radius 3 is 2.39 bits per heavy atom. The van der Waals surface area contributed by atoms with Gasteiger partial charge >= 0.3 is 11.7 Å². The standard InChI is InChI=1S/C20H22N4O7/c1-20(2,10-11-31-19(25)14-4-7-16(30-3)8-5-14)13-21-22-17-9-6-15(23(26)27)12-18(17)24(28)29/h4-9,12-13,22H,10-11H2,1-3H3/b21-13+. The number of hydrogen-bond donors (Lipinski definition) is 1. The quantitative estimate of drug-likeness (QED) is 0.255. The number of rotatable bonds is 10. The maximum atomic E-state index is 12.1. The summed E-state index contributed by atoms with van der Waals surface area (Å²) in [6.07, 6.45) is 1.97. The third-order valence-electron chi connectivity index (χ3n) is 4.29. The van der Waals surface area contributed by atoms with Crippen molar-refractivity contribution in [3.8, 4) is 5.75 Å². The van der Waals surface area contributed by atoms with Crippen LogP contribution in [0.2, 0.25) is 0 Å². The fourth-order valence-corrected chi connectivity index (χ4v) is 2.44. The van der Waals surface area contributed by atoms with Crippen LogP contribution < -0.4 is 10.2 Å². The fraction of sp³-hybridized carbons (Fsp3) is 0.300. The Bertz CT molecular complexity index is 988. The van der Waals surface area contributed by atoms with Gasteiger partial charge in [-0.25, -0.2) is 4.79 Å². The van der Waals surface area contributed by atoms with Gasteiger partial charge in [0, 0.05) is 17.7 Å². The lowest BCUT2D eigenvalue weighted by atomic mass is 9.91. The number of ether oxygens (including phenoxy) is 2. The number of methoxy groups -OCH3 is 1. The predicted octanol–water partition coefficient (Wildman–Crippen LogP) is 4.18. The van der Waals surface area contributed by atoms with Crippen LogP contribution >= 0.6 is 0 Å². The topological polar surface area (TPSA) is 146 Å². The van der Waals surface area contributed by atoms with E-state index in [0.717, 1.165) is 12.1 Å². The van der Waals surface area contributed by atoms with Crippen LogP contribution in [0.15, 0.2) is 47.6 Å². The van der Waals surface area contributed by atoms with Gasteiger partial charge in [0.05, 0.1) is 35.2 Å². The minimum absolute atomic E-state index is 0.0218. The normalized spacial score (nSPS) is 11.2. The molecule has 0 spiro atoms. The van der Waals surface area contributed by atoms with E-state index in [2.05, 4.69) is 10.5 Å². The molecule has 11 heteroatoms. The fourth-order valence-electron chi connectivity index (χ4n) is 2.44. The van der Waals surface area contributed by atoms with Crippen molar-refractivity contribution >= 4 is 29.2 Å². The van der Waals surface area contributed by atoms with Gasteiger partial charge in [0.2, 0.25) is 0 Å². The highest BCUT2D eigenvalue weighted by molar-refractivity contribution is 5.89.